The Morgan fingerprint density at radius 2 is 1.83 bits per heavy atom. The molecule has 2 heterocycles. The summed E-state index contributed by atoms with van der Waals surface area (Å²) in [6.07, 6.45) is 0.629. The smallest absolute Gasteiger partial charge is 0.221 e. The van der Waals surface area contributed by atoms with E-state index in [0.29, 0.717) is 35.1 Å². The highest BCUT2D eigenvalue weighted by Gasteiger charge is 2.38. The molecule has 0 N–H and O–H groups in total. The molecule has 0 saturated carbocycles. The van der Waals surface area contributed by atoms with E-state index in [2.05, 4.69) is 4.98 Å². The van der Waals surface area contributed by atoms with Crippen LogP contribution in [-0.4, -0.2) is 37.3 Å². The third-order valence-corrected chi connectivity index (χ3v) is 4.89. The molecule has 0 saturated heterocycles. The Morgan fingerprint density at radius 3 is 2.43 bits per heavy atom. The van der Waals surface area contributed by atoms with Crippen molar-refractivity contribution >= 4 is 22.5 Å². The summed E-state index contributed by atoms with van der Waals surface area (Å²) in [5, 5.41) is 0.680. The van der Waals surface area contributed by atoms with Crippen LogP contribution >= 0.6 is 11.6 Å². The first-order chi connectivity index (χ1) is 10.9. The summed E-state index contributed by atoms with van der Waals surface area (Å²) in [6.45, 7) is 3.91. The van der Waals surface area contributed by atoms with Gasteiger partial charge >= 0.3 is 0 Å². The van der Waals surface area contributed by atoms with Crippen LogP contribution in [0.3, 0.4) is 0 Å². The third kappa shape index (κ3) is 2.43. The van der Waals surface area contributed by atoms with Gasteiger partial charge in [-0.25, -0.2) is 4.98 Å². The highest BCUT2D eigenvalue weighted by atomic mass is 35.5. The first-order valence-corrected chi connectivity index (χ1v) is 7.81. The monoisotopic (exact) mass is 337 g/mol. The zero-order chi connectivity index (χ0) is 16.8. The molecule has 23 heavy (non-hydrogen) atoms. The molecule has 1 aliphatic heterocycles. The Hall–Kier alpha value is -1.88. The van der Waals surface area contributed by atoms with Crippen LogP contribution in [0.5, 0.6) is 23.1 Å². The van der Waals surface area contributed by atoms with Crippen molar-refractivity contribution in [2.45, 2.75) is 31.2 Å². The highest BCUT2D eigenvalue weighted by Crippen LogP contribution is 2.46. The second-order valence-electron chi connectivity index (χ2n) is 6.00. The molecule has 1 aromatic heterocycles. The van der Waals surface area contributed by atoms with Crippen molar-refractivity contribution in [3.05, 3.63) is 17.7 Å². The largest absolute Gasteiger partial charge is 0.496 e. The standard InChI is InChI=1S/C17H20ClNO4/c1-17(2)12(18)8-10-14(21-4)9-6-7-11(20-3)15(22-5)13(9)19-16(10)23-17/h6-7,12H,8H2,1-5H3. The van der Waals surface area contributed by atoms with Crippen LogP contribution in [0.1, 0.15) is 19.4 Å². The van der Waals surface area contributed by atoms with Crippen LogP contribution in [-0.2, 0) is 6.42 Å². The molecule has 0 aliphatic carbocycles. The van der Waals surface area contributed by atoms with Crippen LogP contribution in [0.25, 0.3) is 10.9 Å². The number of benzene rings is 1. The lowest BCUT2D eigenvalue weighted by Gasteiger charge is -2.36. The van der Waals surface area contributed by atoms with Crippen LogP contribution in [0, 0.1) is 0 Å². The first-order valence-electron chi connectivity index (χ1n) is 7.37. The fourth-order valence-electron chi connectivity index (χ4n) is 2.87. The SMILES string of the molecule is COc1ccc2c(OC)c3c(nc2c1OC)OC(C)(C)C(Cl)C3. The molecular formula is C17H20ClNO4. The summed E-state index contributed by atoms with van der Waals surface area (Å²) < 4.78 is 22.5. The van der Waals surface area contributed by atoms with Gasteiger partial charge in [0.25, 0.3) is 0 Å². The van der Waals surface area contributed by atoms with Crippen LogP contribution in [0.4, 0.5) is 0 Å². The topological polar surface area (TPSA) is 49.8 Å². The molecule has 1 atom stereocenters. The number of hydrogen-bond donors (Lipinski definition) is 0. The number of pyridine rings is 1. The van der Waals surface area contributed by atoms with Gasteiger partial charge in [-0.15, -0.1) is 11.6 Å². The molecule has 0 bridgehead atoms. The van der Waals surface area contributed by atoms with Gasteiger partial charge in [0.05, 0.1) is 32.3 Å². The minimum atomic E-state index is -0.508. The number of hydrogen-bond acceptors (Lipinski definition) is 5. The molecule has 2 aromatic rings. The lowest BCUT2D eigenvalue weighted by molar-refractivity contribution is 0.0820. The molecule has 0 fully saturated rings. The summed E-state index contributed by atoms with van der Waals surface area (Å²) in [4.78, 5) is 4.67. The molecule has 3 rings (SSSR count). The number of rotatable bonds is 3. The van der Waals surface area contributed by atoms with Crippen molar-refractivity contribution < 1.29 is 18.9 Å². The van der Waals surface area contributed by atoms with Gasteiger partial charge in [-0.05, 0) is 26.0 Å². The van der Waals surface area contributed by atoms with Crippen molar-refractivity contribution in [3.8, 4) is 23.1 Å². The second kappa shape index (κ2) is 5.64. The van der Waals surface area contributed by atoms with Gasteiger partial charge < -0.3 is 18.9 Å². The summed E-state index contributed by atoms with van der Waals surface area (Å²) in [5.74, 6) is 2.41. The molecule has 0 spiro atoms. The quantitative estimate of drug-likeness (QED) is 0.801. The van der Waals surface area contributed by atoms with Crippen molar-refractivity contribution in [1.82, 2.24) is 4.98 Å². The number of aromatic nitrogens is 1. The molecule has 5 nitrogen and oxygen atoms in total. The molecule has 124 valence electrons. The summed E-state index contributed by atoms with van der Waals surface area (Å²) in [7, 11) is 4.82. The van der Waals surface area contributed by atoms with Crippen molar-refractivity contribution in [2.24, 2.45) is 0 Å². The predicted octanol–water partition coefficient (Wildman–Crippen LogP) is 3.58. The normalized spacial score (nSPS) is 19.0. The van der Waals surface area contributed by atoms with Crippen LogP contribution in [0.15, 0.2) is 12.1 Å². The van der Waals surface area contributed by atoms with Gasteiger partial charge in [0.1, 0.15) is 16.9 Å². The molecule has 6 heteroatoms. The van der Waals surface area contributed by atoms with E-state index in [-0.39, 0.29) is 5.38 Å². The Balaban J connectivity index is 2.33. The van der Waals surface area contributed by atoms with Gasteiger partial charge in [-0.1, -0.05) is 0 Å². The number of nitrogens with zero attached hydrogens (tertiary/aromatic N) is 1. The van der Waals surface area contributed by atoms with Gasteiger partial charge in [0.2, 0.25) is 5.88 Å². The third-order valence-electron chi connectivity index (χ3n) is 4.21. The Kier molecular flexibility index (Phi) is 3.92. The molecule has 1 aliphatic rings. The predicted molar refractivity (Wildman–Crippen MR) is 89.5 cm³/mol. The average molecular weight is 338 g/mol. The minimum absolute atomic E-state index is 0.164. The van der Waals surface area contributed by atoms with E-state index in [0.717, 1.165) is 10.9 Å². The summed E-state index contributed by atoms with van der Waals surface area (Å²) in [6, 6.07) is 3.75. The minimum Gasteiger partial charge on any atom is -0.496 e. The number of alkyl halides is 1. The Morgan fingerprint density at radius 1 is 1.13 bits per heavy atom. The molecule has 0 amide bonds. The fourth-order valence-corrected chi connectivity index (χ4v) is 3.07. The van der Waals surface area contributed by atoms with E-state index in [1.807, 2.05) is 26.0 Å². The maximum atomic E-state index is 6.47. The molecular weight excluding hydrogens is 318 g/mol. The number of halogens is 1. The van der Waals surface area contributed by atoms with E-state index in [9.17, 15) is 0 Å². The van der Waals surface area contributed by atoms with E-state index in [4.69, 9.17) is 30.5 Å². The summed E-state index contributed by atoms with van der Waals surface area (Å²) in [5.41, 5.74) is 1.02. The number of fused-ring (bicyclic) bond motifs is 2. The van der Waals surface area contributed by atoms with E-state index in [1.54, 1.807) is 21.3 Å². The Bertz CT molecular complexity index is 760. The van der Waals surface area contributed by atoms with E-state index in [1.165, 1.54) is 0 Å². The second-order valence-corrected chi connectivity index (χ2v) is 6.53. The highest BCUT2D eigenvalue weighted by molar-refractivity contribution is 6.21. The summed E-state index contributed by atoms with van der Waals surface area (Å²) >= 11 is 6.47. The number of methoxy groups -OCH3 is 3. The average Bonchev–Trinajstić information content (AvgIpc) is 2.52. The van der Waals surface area contributed by atoms with E-state index >= 15 is 0 Å². The van der Waals surface area contributed by atoms with Gasteiger partial charge in [-0.2, -0.15) is 0 Å². The van der Waals surface area contributed by atoms with Crippen molar-refractivity contribution in [2.75, 3.05) is 21.3 Å². The van der Waals surface area contributed by atoms with Crippen LogP contribution < -0.4 is 18.9 Å². The van der Waals surface area contributed by atoms with Crippen LogP contribution in [0.2, 0.25) is 0 Å². The number of ether oxygens (including phenoxy) is 4. The zero-order valence-electron chi connectivity index (χ0n) is 13.9. The van der Waals surface area contributed by atoms with Crippen molar-refractivity contribution in [3.63, 3.8) is 0 Å². The molecule has 1 unspecified atom stereocenters. The zero-order valence-corrected chi connectivity index (χ0v) is 14.7. The van der Waals surface area contributed by atoms with E-state index < -0.39 is 5.60 Å². The van der Waals surface area contributed by atoms with Crippen molar-refractivity contribution in [1.29, 1.82) is 0 Å². The first kappa shape index (κ1) is 16.0. The van der Waals surface area contributed by atoms with Gasteiger partial charge in [0, 0.05) is 11.8 Å². The molecule has 0 radical (unpaired) electrons. The maximum absolute atomic E-state index is 6.47. The fraction of sp³-hybridized carbons (Fsp3) is 0.471. The van der Waals surface area contributed by atoms with Gasteiger partial charge in [-0.3, -0.25) is 0 Å². The lowest BCUT2D eigenvalue weighted by atomic mass is 9.93. The Labute approximate surface area is 140 Å². The molecule has 1 aromatic carbocycles. The van der Waals surface area contributed by atoms with Gasteiger partial charge in [0.15, 0.2) is 11.5 Å². The lowest BCUT2D eigenvalue weighted by Crippen LogP contribution is -2.43. The maximum Gasteiger partial charge on any atom is 0.221 e.